The minimum Gasteiger partial charge on any atom is -0.351 e. The number of carbonyl (C=O) groups excluding carboxylic acids is 2. The van der Waals surface area contributed by atoms with Gasteiger partial charge in [0.1, 0.15) is 6.33 Å². The van der Waals surface area contributed by atoms with Crippen LogP contribution in [0.15, 0.2) is 40.3 Å². The van der Waals surface area contributed by atoms with E-state index in [0.717, 1.165) is 5.69 Å². The topological polar surface area (TPSA) is 97.4 Å². The summed E-state index contributed by atoms with van der Waals surface area (Å²) in [6.45, 7) is 7.81. The van der Waals surface area contributed by atoms with Crippen molar-refractivity contribution in [3.63, 3.8) is 0 Å². The molecule has 2 aromatic heterocycles. The fourth-order valence-corrected chi connectivity index (χ4v) is 4.20. The number of benzene rings is 1. The number of hydrogen-bond acceptors (Lipinski definition) is 7. The normalized spacial score (nSPS) is 14.2. The monoisotopic (exact) mass is 440 g/mol. The van der Waals surface area contributed by atoms with Gasteiger partial charge in [-0.05, 0) is 44.0 Å². The van der Waals surface area contributed by atoms with Gasteiger partial charge >= 0.3 is 0 Å². The number of amides is 2. The lowest BCUT2D eigenvalue weighted by molar-refractivity contribution is -0.129. The molecule has 0 N–H and O–H groups in total. The van der Waals surface area contributed by atoms with Gasteiger partial charge in [0.2, 0.25) is 11.7 Å². The maximum atomic E-state index is 12.7. The van der Waals surface area contributed by atoms with Gasteiger partial charge in [-0.2, -0.15) is 0 Å². The smallest absolute Gasteiger partial charge is 0.292 e. The highest BCUT2D eigenvalue weighted by Crippen LogP contribution is 2.22. The van der Waals surface area contributed by atoms with Crippen LogP contribution in [0.5, 0.6) is 0 Å². The van der Waals surface area contributed by atoms with Gasteiger partial charge in [0, 0.05) is 37.9 Å². The average Bonchev–Trinajstić information content (AvgIpc) is 3.42. The molecule has 0 unspecified atom stereocenters. The molecule has 10 heteroatoms. The van der Waals surface area contributed by atoms with Gasteiger partial charge in [-0.25, -0.2) is 0 Å². The van der Waals surface area contributed by atoms with Crippen LogP contribution >= 0.6 is 11.8 Å². The van der Waals surface area contributed by atoms with Crippen molar-refractivity contribution < 1.29 is 14.1 Å². The van der Waals surface area contributed by atoms with E-state index in [-0.39, 0.29) is 23.3 Å². The van der Waals surface area contributed by atoms with Crippen LogP contribution in [0.3, 0.4) is 0 Å². The number of piperazine rings is 1. The summed E-state index contributed by atoms with van der Waals surface area (Å²) < 4.78 is 6.94. The van der Waals surface area contributed by atoms with E-state index in [1.54, 1.807) is 29.1 Å². The molecule has 3 aromatic rings. The van der Waals surface area contributed by atoms with Crippen LogP contribution < -0.4 is 0 Å². The Balaban J connectivity index is 1.32. The van der Waals surface area contributed by atoms with Gasteiger partial charge < -0.3 is 14.3 Å². The fourth-order valence-electron chi connectivity index (χ4n) is 3.37. The van der Waals surface area contributed by atoms with Crippen LogP contribution in [0, 0.1) is 20.8 Å². The first-order chi connectivity index (χ1) is 14.9. The SMILES string of the molecule is Cc1cc(C(=O)N2CCN(C(=O)CSc3nncn3-c3ccc(C)c(C)c3)CC2)on1. The first-order valence-corrected chi connectivity index (χ1v) is 11.0. The first-order valence-electron chi connectivity index (χ1n) is 10.0. The Labute approximate surface area is 184 Å². The van der Waals surface area contributed by atoms with Gasteiger partial charge in [-0.3, -0.25) is 14.2 Å². The van der Waals surface area contributed by atoms with Crippen molar-refractivity contribution in [2.45, 2.75) is 25.9 Å². The van der Waals surface area contributed by atoms with E-state index >= 15 is 0 Å². The predicted octanol–water partition coefficient (Wildman–Crippen LogP) is 2.26. The molecule has 1 aliphatic rings. The molecule has 2 amide bonds. The molecule has 1 aromatic carbocycles. The van der Waals surface area contributed by atoms with Gasteiger partial charge in [0.05, 0.1) is 11.4 Å². The van der Waals surface area contributed by atoms with Crippen molar-refractivity contribution in [2.24, 2.45) is 0 Å². The largest absolute Gasteiger partial charge is 0.351 e. The Bertz CT molecular complexity index is 1100. The maximum Gasteiger partial charge on any atom is 0.292 e. The highest BCUT2D eigenvalue weighted by atomic mass is 32.2. The molecule has 3 heterocycles. The molecule has 0 atom stereocenters. The Kier molecular flexibility index (Phi) is 6.08. The van der Waals surface area contributed by atoms with Crippen molar-refractivity contribution in [3.05, 3.63) is 53.2 Å². The highest BCUT2D eigenvalue weighted by molar-refractivity contribution is 7.99. The minimum atomic E-state index is -0.191. The van der Waals surface area contributed by atoms with E-state index in [2.05, 4.69) is 41.3 Å². The summed E-state index contributed by atoms with van der Waals surface area (Å²) >= 11 is 1.36. The molecule has 0 spiro atoms. The summed E-state index contributed by atoms with van der Waals surface area (Å²) in [6.07, 6.45) is 1.66. The van der Waals surface area contributed by atoms with E-state index in [1.807, 2.05) is 10.6 Å². The highest BCUT2D eigenvalue weighted by Gasteiger charge is 2.27. The standard InChI is InChI=1S/C21H24N6O3S/c1-14-4-5-17(10-15(14)2)27-13-22-23-21(27)31-12-19(28)25-6-8-26(9-7-25)20(29)18-11-16(3)24-30-18/h4-5,10-11,13H,6-9,12H2,1-3H3. The molecular weight excluding hydrogens is 416 g/mol. The third-order valence-electron chi connectivity index (χ3n) is 5.37. The second-order valence-corrected chi connectivity index (χ2v) is 8.49. The van der Waals surface area contributed by atoms with E-state index in [9.17, 15) is 9.59 Å². The molecule has 0 radical (unpaired) electrons. The number of aryl methyl sites for hydroxylation is 3. The van der Waals surface area contributed by atoms with E-state index in [0.29, 0.717) is 37.0 Å². The molecule has 9 nitrogen and oxygen atoms in total. The molecule has 4 rings (SSSR count). The van der Waals surface area contributed by atoms with Crippen molar-refractivity contribution in [3.8, 4) is 5.69 Å². The van der Waals surface area contributed by atoms with Gasteiger partial charge in [-0.1, -0.05) is 23.0 Å². The fraction of sp³-hybridized carbons (Fsp3) is 0.381. The van der Waals surface area contributed by atoms with Gasteiger partial charge in [-0.15, -0.1) is 10.2 Å². The molecule has 0 bridgehead atoms. The van der Waals surface area contributed by atoms with Crippen LogP contribution in [0.2, 0.25) is 0 Å². The first kappa shape index (κ1) is 21.1. The van der Waals surface area contributed by atoms with Gasteiger partial charge in [0.25, 0.3) is 5.91 Å². The van der Waals surface area contributed by atoms with Crippen LogP contribution in [0.4, 0.5) is 0 Å². The number of thioether (sulfide) groups is 1. The summed E-state index contributed by atoms with van der Waals surface area (Å²) in [7, 11) is 0. The molecule has 31 heavy (non-hydrogen) atoms. The Morgan fingerprint density at radius 1 is 1.03 bits per heavy atom. The Morgan fingerprint density at radius 2 is 1.77 bits per heavy atom. The molecule has 1 aliphatic heterocycles. The second-order valence-electron chi connectivity index (χ2n) is 7.55. The summed E-state index contributed by atoms with van der Waals surface area (Å²) in [6, 6.07) is 7.79. The summed E-state index contributed by atoms with van der Waals surface area (Å²) in [5.41, 5.74) is 4.05. The lowest BCUT2D eigenvalue weighted by Gasteiger charge is -2.34. The van der Waals surface area contributed by atoms with Crippen molar-refractivity contribution in [1.82, 2.24) is 29.7 Å². The van der Waals surface area contributed by atoms with Crippen LogP contribution in [-0.2, 0) is 4.79 Å². The third-order valence-corrected chi connectivity index (χ3v) is 6.30. The number of hydrogen-bond donors (Lipinski definition) is 0. The van der Waals surface area contributed by atoms with Crippen molar-refractivity contribution >= 4 is 23.6 Å². The van der Waals surface area contributed by atoms with Crippen LogP contribution in [0.25, 0.3) is 5.69 Å². The molecule has 0 aliphatic carbocycles. The maximum absolute atomic E-state index is 12.7. The quantitative estimate of drug-likeness (QED) is 0.561. The molecule has 1 fully saturated rings. The van der Waals surface area contributed by atoms with Crippen molar-refractivity contribution in [2.75, 3.05) is 31.9 Å². The summed E-state index contributed by atoms with van der Waals surface area (Å²) in [5, 5.41) is 12.6. The zero-order valence-corrected chi connectivity index (χ0v) is 18.6. The minimum absolute atomic E-state index is 0.0160. The summed E-state index contributed by atoms with van der Waals surface area (Å²) in [4.78, 5) is 28.6. The zero-order chi connectivity index (χ0) is 22.0. The molecule has 162 valence electrons. The number of rotatable bonds is 5. The average molecular weight is 441 g/mol. The van der Waals surface area contributed by atoms with E-state index in [4.69, 9.17) is 4.52 Å². The van der Waals surface area contributed by atoms with Crippen LogP contribution in [-0.4, -0.2) is 73.5 Å². The number of nitrogens with zero attached hydrogens (tertiary/aromatic N) is 6. The van der Waals surface area contributed by atoms with Gasteiger partial charge in [0.15, 0.2) is 5.16 Å². The summed E-state index contributed by atoms with van der Waals surface area (Å²) in [5.74, 6) is 0.322. The number of aromatic nitrogens is 4. The van der Waals surface area contributed by atoms with Crippen LogP contribution in [0.1, 0.15) is 27.4 Å². The zero-order valence-electron chi connectivity index (χ0n) is 17.7. The third kappa shape index (κ3) is 4.63. The predicted molar refractivity (Wildman–Crippen MR) is 115 cm³/mol. The van der Waals surface area contributed by atoms with Crippen molar-refractivity contribution in [1.29, 1.82) is 0 Å². The molecule has 1 saturated heterocycles. The van der Waals surface area contributed by atoms with E-state index < -0.39 is 0 Å². The number of carbonyl (C=O) groups is 2. The molecular formula is C21H24N6O3S. The molecule has 0 saturated carbocycles. The van der Waals surface area contributed by atoms with E-state index in [1.165, 1.54) is 22.9 Å². The Morgan fingerprint density at radius 3 is 2.45 bits per heavy atom. The lowest BCUT2D eigenvalue weighted by Crippen LogP contribution is -2.51. The second kappa shape index (κ2) is 8.93. The lowest BCUT2D eigenvalue weighted by atomic mass is 10.1. The Hall–Kier alpha value is -3.14.